The van der Waals surface area contributed by atoms with E-state index in [4.69, 9.17) is 0 Å². The first-order valence-electron chi connectivity index (χ1n) is 7.12. The number of hydrogen-bond acceptors (Lipinski definition) is 4. The van der Waals surface area contributed by atoms with Crippen LogP contribution < -0.4 is 5.32 Å². The van der Waals surface area contributed by atoms with Crippen LogP contribution in [0.3, 0.4) is 0 Å². The summed E-state index contributed by atoms with van der Waals surface area (Å²) >= 11 is 0. The summed E-state index contributed by atoms with van der Waals surface area (Å²) in [5.74, 6) is 0.956. The second-order valence-electron chi connectivity index (χ2n) is 5.54. The van der Waals surface area contributed by atoms with Gasteiger partial charge in [-0.25, -0.2) is 9.97 Å². The minimum Gasteiger partial charge on any atom is -0.300 e. The second-order valence-corrected chi connectivity index (χ2v) is 5.54. The van der Waals surface area contributed by atoms with Gasteiger partial charge in [-0.05, 0) is 50.8 Å². The molecule has 0 radical (unpaired) electrons. The number of hydrogen-bond donors (Lipinski definition) is 1. The Balaban J connectivity index is 1.43. The van der Waals surface area contributed by atoms with Gasteiger partial charge in [0.05, 0.1) is 0 Å². The summed E-state index contributed by atoms with van der Waals surface area (Å²) in [6.07, 6.45) is 8.89. The summed E-state index contributed by atoms with van der Waals surface area (Å²) in [7, 11) is 0. The van der Waals surface area contributed by atoms with Crippen LogP contribution in [0.1, 0.15) is 32.1 Å². The van der Waals surface area contributed by atoms with Crippen molar-refractivity contribution in [3.05, 3.63) is 18.5 Å². The van der Waals surface area contributed by atoms with E-state index in [-0.39, 0.29) is 5.91 Å². The fraction of sp³-hybridized carbons (Fsp3) is 0.643. The zero-order valence-electron chi connectivity index (χ0n) is 11.1. The van der Waals surface area contributed by atoms with E-state index < -0.39 is 0 Å². The number of nitrogens with one attached hydrogen (secondary N) is 1. The Morgan fingerprint density at radius 3 is 2.53 bits per heavy atom. The lowest BCUT2D eigenvalue weighted by Gasteiger charge is -2.31. The van der Waals surface area contributed by atoms with E-state index in [0.717, 1.165) is 32.0 Å². The highest BCUT2D eigenvalue weighted by Crippen LogP contribution is 2.31. The molecule has 0 spiro atoms. The molecule has 102 valence electrons. The van der Waals surface area contributed by atoms with Gasteiger partial charge in [0, 0.05) is 24.9 Å². The fourth-order valence-electron chi connectivity index (χ4n) is 2.76. The van der Waals surface area contributed by atoms with Gasteiger partial charge in [-0.2, -0.15) is 0 Å². The Morgan fingerprint density at radius 2 is 1.89 bits per heavy atom. The van der Waals surface area contributed by atoms with Crippen molar-refractivity contribution >= 4 is 11.9 Å². The summed E-state index contributed by atoms with van der Waals surface area (Å²) in [5.41, 5.74) is 0. The van der Waals surface area contributed by atoms with Gasteiger partial charge in [0.2, 0.25) is 11.9 Å². The van der Waals surface area contributed by atoms with Crippen LogP contribution in [0.25, 0.3) is 0 Å². The van der Waals surface area contributed by atoms with Crippen molar-refractivity contribution in [1.82, 2.24) is 14.9 Å². The van der Waals surface area contributed by atoms with E-state index in [9.17, 15) is 4.79 Å². The average Bonchev–Trinajstić information content (AvgIpc) is 3.25. The van der Waals surface area contributed by atoms with Gasteiger partial charge in [0.25, 0.3) is 0 Å². The third-order valence-corrected chi connectivity index (χ3v) is 4.00. The number of aromatic nitrogens is 2. The SMILES string of the molecule is O=C(CC1CCN(C2CC2)CC1)Nc1ncccn1. The zero-order chi connectivity index (χ0) is 13.1. The van der Waals surface area contributed by atoms with Gasteiger partial charge in [-0.3, -0.25) is 10.1 Å². The molecular weight excluding hydrogens is 240 g/mol. The van der Waals surface area contributed by atoms with E-state index in [1.165, 1.54) is 12.8 Å². The molecule has 0 bridgehead atoms. The van der Waals surface area contributed by atoms with Crippen molar-refractivity contribution in [3.8, 4) is 0 Å². The monoisotopic (exact) mass is 260 g/mol. The van der Waals surface area contributed by atoms with Crippen LogP contribution in [0, 0.1) is 5.92 Å². The Hall–Kier alpha value is -1.49. The molecule has 2 fully saturated rings. The Labute approximate surface area is 113 Å². The van der Waals surface area contributed by atoms with Crippen molar-refractivity contribution in [2.75, 3.05) is 18.4 Å². The number of carbonyl (C=O) groups is 1. The van der Waals surface area contributed by atoms with E-state index in [0.29, 0.717) is 18.3 Å². The summed E-state index contributed by atoms with van der Waals surface area (Å²) in [4.78, 5) is 22.5. The van der Waals surface area contributed by atoms with Crippen LogP contribution in [0.2, 0.25) is 0 Å². The smallest absolute Gasteiger partial charge is 0.229 e. The van der Waals surface area contributed by atoms with Crippen molar-refractivity contribution in [2.24, 2.45) is 5.92 Å². The molecular formula is C14H20N4O. The molecule has 3 rings (SSSR count). The highest BCUT2D eigenvalue weighted by Gasteiger charge is 2.32. The highest BCUT2D eigenvalue weighted by molar-refractivity contribution is 5.89. The number of carbonyl (C=O) groups excluding carboxylic acids is 1. The first-order chi connectivity index (χ1) is 9.31. The standard InChI is InChI=1S/C14H20N4O/c19-13(17-14-15-6-1-7-16-14)10-11-4-8-18(9-5-11)12-2-3-12/h1,6-7,11-12H,2-5,8-10H2,(H,15,16,17,19). The molecule has 1 N–H and O–H groups in total. The van der Waals surface area contributed by atoms with Crippen molar-refractivity contribution in [2.45, 2.75) is 38.1 Å². The van der Waals surface area contributed by atoms with Gasteiger partial charge in [-0.1, -0.05) is 0 Å². The van der Waals surface area contributed by atoms with Crippen molar-refractivity contribution in [3.63, 3.8) is 0 Å². The quantitative estimate of drug-likeness (QED) is 0.895. The summed E-state index contributed by atoms with van der Waals surface area (Å²) in [5, 5.41) is 2.76. The lowest BCUT2D eigenvalue weighted by Crippen LogP contribution is -2.36. The van der Waals surface area contributed by atoms with Crippen LogP contribution in [0.15, 0.2) is 18.5 Å². The molecule has 1 aliphatic carbocycles. The first kappa shape index (κ1) is 12.5. The lowest BCUT2D eigenvalue weighted by atomic mass is 9.93. The van der Waals surface area contributed by atoms with Gasteiger partial charge in [0.15, 0.2) is 0 Å². The van der Waals surface area contributed by atoms with Crippen LogP contribution in [0.5, 0.6) is 0 Å². The maximum absolute atomic E-state index is 11.9. The molecule has 1 saturated carbocycles. The van der Waals surface area contributed by atoms with Crippen LogP contribution >= 0.6 is 0 Å². The number of anilines is 1. The predicted molar refractivity (Wildman–Crippen MR) is 72.6 cm³/mol. The van der Waals surface area contributed by atoms with Gasteiger partial charge < -0.3 is 4.90 Å². The van der Waals surface area contributed by atoms with E-state index in [1.807, 2.05) is 0 Å². The maximum atomic E-state index is 11.9. The molecule has 0 unspecified atom stereocenters. The average molecular weight is 260 g/mol. The third-order valence-electron chi connectivity index (χ3n) is 4.00. The topological polar surface area (TPSA) is 58.1 Å². The van der Waals surface area contributed by atoms with E-state index in [1.54, 1.807) is 18.5 Å². The molecule has 1 aromatic heterocycles. The number of piperidine rings is 1. The van der Waals surface area contributed by atoms with Crippen molar-refractivity contribution in [1.29, 1.82) is 0 Å². The van der Waals surface area contributed by atoms with Crippen molar-refractivity contribution < 1.29 is 4.79 Å². The molecule has 1 saturated heterocycles. The maximum Gasteiger partial charge on any atom is 0.229 e. The zero-order valence-corrected chi connectivity index (χ0v) is 11.1. The molecule has 0 atom stereocenters. The lowest BCUT2D eigenvalue weighted by molar-refractivity contribution is -0.117. The number of rotatable bonds is 4. The van der Waals surface area contributed by atoms with E-state index >= 15 is 0 Å². The summed E-state index contributed by atoms with van der Waals surface area (Å²) in [6.45, 7) is 2.31. The molecule has 1 amide bonds. The Bertz CT molecular complexity index is 424. The molecule has 5 nitrogen and oxygen atoms in total. The normalized spacial score (nSPS) is 21.3. The molecule has 5 heteroatoms. The molecule has 2 aliphatic rings. The predicted octanol–water partition coefficient (Wildman–Crippen LogP) is 1.68. The minimum absolute atomic E-state index is 0.0380. The number of likely N-dealkylation sites (tertiary alicyclic amines) is 1. The molecule has 2 heterocycles. The largest absolute Gasteiger partial charge is 0.300 e. The highest BCUT2D eigenvalue weighted by atomic mass is 16.1. The van der Waals surface area contributed by atoms with Gasteiger partial charge >= 0.3 is 0 Å². The second kappa shape index (κ2) is 5.65. The summed E-state index contributed by atoms with van der Waals surface area (Å²) < 4.78 is 0. The number of nitrogens with zero attached hydrogens (tertiary/aromatic N) is 3. The van der Waals surface area contributed by atoms with E-state index in [2.05, 4.69) is 20.2 Å². The molecule has 1 aromatic rings. The summed E-state index contributed by atoms with van der Waals surface area (Å²) in [6, 6.07) is 2.59. The van der Waals surface area contributed by atoms with Crippen LogP contribution in [-0.2, 0) is 4.79 Å². The fourth-order valence-corrected chi connectivity index (χ4v) is 2.76. The van der Waals surface area contributed by atoms with Gasteiger partial charge in [0.1, 0.15) is 0 Å². The van der Waals surface area contributed by atoms with Crippen LogP contribution in [-0.4, -0.2) is 39.9 Å². The molecule has 1 aliphatic heterocycles. The Kier molecular flexibility index (Phi) is 3.73. The first-order valence-corrected chi connectivity index (χ1v) is 7.12. The van der Waals surface area contributed by atoms with Crippen LogP contribution in [0.4, 0.5) is 5.95 Å². The molecule has 19 heavy (non-hydrogen) atoms. The minimum atomic E-state index is 0.0380. The number of amides is 1. The molecule has 0 aromatic carbocycles. The Morgan fingerprint density at radius 1 is 1.21 bits per heavy atom. The van der Waals surface area contributed by atoms with Gasteiger partial charge in [-0.15, -0.1) is 0 Å². The third kappa shape index (κ3) is 3.50.